The molecule has 2 aliphatic heterocycles. The molecular weight excluding hydrogens is 884 g/mol. The van der Waals surface area contributed by atoms with Crippen LogP contribution in [0.25, 0.3) is 55.1 Å². The van der Waals surface area contributed by atoms with Gasteiger partial charge in [0.2, 0.25) is 0 Å². The maximum Gasteiger partial charge on any atom is 0.252 e. The van der Waals surface area contributed by atoms with Crippen molar-refractivity contribution in [1.82, 2.24) is 9.97 Å². The minimum absolute atomic E-state index is 0.0893. The molecule has 1 aromatic heterocycles. The first-order valence-corrected chi connectivity index (χ1v) is 26.2. The van der Waals surface area contributed by atoms with Gasteiger partial charge in [-0.05, 0) is 114 Å². The van der Waals surface area contributed by atoms with E-state index in [1.807, 2.05) is 0 Å². The first-order chi connectivity index (χ1) is 34.7. The van der Waals surface area contributed by atoms with Crippen LogP contribution < -0.4 is 26.2 Å². The maximum atomic E-state index is 5.62. The smallest absolute Gasteiger partial charge is 0.252 e. The Morgan fingerprint density at radius 3 is 1.23 bits per heavy atom. The normalized spacial score (nSPS) is 13.7. The van der Waals surface area contributed by atoms with Crippen molar-refractivity contribution in [2.24, 2.45) is 0 Å². The summed E-state index contributed by atoms with van der Waals surface area (Å²) in [5.41, 5.74) is 19.6. The molecule has 0 bridgehead atoms. The molecule has 12 rings (SSSR count). The number of benzene rings is 9. The Morgan fingerprint density at radius 1 is 0.370 bits per heavy atom. The van der Waals surface area contributed by atoms with Gasteiger partial charge < -0.3 is 9.80 Å². The summed E-state index contributed by atoms with van der Waals surface area (Å²) >= 11 is 0. The lowest BCUT2D eigenvalue weighted by molar-refractivity contribution is 0.568. The summed E-state index contributed by atoms with van der Waals surface area (Å²) in [5, 5.41) is 5.91. The number of rotatable bonds is 4. The van der Waals surface area contributed by atoms with Gasteiger partial charge in [-0.1, -0.05) is 217 Å². The predicted molar refractivity (Wildman–Crippen MR) is 314 cm³/mol. The largest absolute Gasteiger partial charge is 0.311 e. The number of aromatic nitrogens is 2. The van der Waals surface area contributed by atoms with E-state index in [9.17, 15) is 0 Å². The number of fused-ring (bicyclic) bond motifs is 9. The Bertz CT molecular complexity index is 3610. The van der Waals surface area contributed by atoms with Crippen molar-refractivity contribution in [3.05, 3.63) is 198 Å². The third-order valence-corrected chi connectivity index (χ3v) is 15.6. The molecule has 0 saturated heterocycles. The minimum atomic E-state index is -0.107. The van der Waals surface area contributed by atoms with Crippen molar-refractivity contribution < 1.29 is 0 Å². The molecule has 0 unspecified atom stereocenters. The molecule has 0 saturated carbocycles. The molecule has 73 heavy (non-hydrogen) atoms. The average Bonchev–Trinajstić information content (AvgIpc) is 3.37. The Balaban J connectivity index is 1.30. The quantitative estimate of drug-likeness (QED) is 0.165. The van der Waals surface area contributed by atoms with Crippen molar-refractivity contribution in [2.75, 3.05) is 9.80 Å². The number of anilines is 6. The standard InChI is InChI=1S/C68H65BN4/c1-65(2,3)46-36-47(66(4,5)6)39-50(38-46)72-58-34-45(61-54-28-20-21-29-57(54)70-64(71-61)44-24-14-13-15-25-44)35-59-60(58)69(55-32-30-42-22-16-18-26-52(42)62(55)72)56-33-31-43-23-17-19-27-53(43)63(56)73(59)51-40-48(67(7,8)9)37-49(41-51)68(10,11)12/h13-41H,1-12H3. The molecule has 0 fully saturated rings. The van der Waals surface area contributed by atoms with Gasteiger partial charge in [-0.25, -0.2) is 9.97 Å². The summed E-state index contributed by atoms with van der Waals surface area (Å²) in [6.07, 6.45) is 0. The highest BCUT2D eigenvalue weighted by Gasteiger charge is 2.45. The number of nitrogens with zero attached hydrogens (tertiary/aromatic N) is 4. The lowest BCUT2D eigenvalue weighted by Gasteiger charge is -2.46. The highest BCUT2D eigenvalue weighted by molar-refractivity contribution is 7.00. The van der Waals surface area contributed by atoms with E-state index in [0.717, 1.165) is 50.5 Å². The van der Waals surface area contributed by atoms with Crippen LogP contribution in [0.1, 0.15) is 105 Å². The lowest BCUT2D eigenvalue weighted by atomic mass is 9.33. The molecule has 0 aliphatic carbocycles. The van der Waals surface area contributed by atoms with E-state index in [2.05, 4.69) is 269 Å². The van der Waals surface area contributed by atoms with Crippen molar-refractivity contribution in [3.8, 4) is 22.6 Å². The monoisotopic (exact) mass is 949 g/mol. The highest BCUT2D eigenvalue weighted by Crippen LogP contribution is 2.51. The van der Waals surface area contributed by atoms with Crippen LogP contribution in [0.5, 0.6) is 0 Å². The van der Waals surface area contributed by atoms with Crippen molar-refractivity contribution in [1.29, 1.82) is 0 Å². The van der Waals surface area contributed by atoms with Gasteiger partial charge in [-0.2, -0.15) is 0 Å². The number of hydrogen-bond acceptors (Lipinski definition) is 4. The summed E-state index contributed by atoms with van der Waals surface area (Å²) in [5.74, 6) is 0.709. The van der Waals surface area contributed by atoms with E-state index >= 15 is 0 Å². The Kier molecular flexibility index (Phi) is 10.5. The first kappa shape index (κ1) is 46.6. The Hall–Kier alpha value is -7.50. The van der Waals surface area contributed by atoms with Crippen LogP contribution in [0.15, 0.2) is 176 Å². The van der Waals surface area contributed by atoms with E-state index in [0.29, 0.717) is 5.82 Å². The van der Waals surface area contributed by atoms with Gasteiger partial charge >= 0.3 is 0 Å². The second-order valence-electron chi connectivity index (χ2n) is 24.8. The fraction of sp³-hybridized carbons (Fsp3) is 0.235. The van der Waals surface area contributed by atoms with Gasteiger partial charge in [0.25, 0.3) is 6.71 Å². The zero-order valence-electron chi connectivity index (χ0n) is 44.6. The summed E-state index contributed by atoms with van der Waals surface area (Å²) in [4.78, 5) is 16.1. The third kappa shape index (κ3) is 7.82. The molecule has 0 amide bonds. The molecule has 9 aromatic carbocycles. The number of para-hydroxylation sites is 1. The van der Waals surface area contributed by atoms with Crippen molar-refractivity contribution in [2.45, 2.75) is 105 Å². The molecule has 0 N–H and O–H groups in total. The van der Waals surface area contributed by atoms with Crippen LogP contribution in [-0.2, 0) is 21.7 Å². The summed E-state index contributed by atoms with van der Waals surface area (Å²) in [7, 11) is 0. The third-order valence-electron chi connectivity index (χ3n) is 15.6. The zero-order valence-corrected chi connectivity index (χ0v) is 44.6. The first-order valence-electron chi connectivity index (χ1n) is 26.2. The molecule has 10 aromatic rings. The van der Waals surface area contributed by atoms with E-state index in [4.69, 9.17) is 9.97 Å². The Labute approximate surface area is 432 Å². The van der Waals surface area contributed by atoms with Gasteiger partial charge in [0.15, 0.2) is 5.82 Å². The summed E-state index contributed by atoms with van der Waals surface area (Å²) in [6, 6.07) is 66.2. The average molecular weight is 949 g/mol. The zero-order chi connectivity index (χ0) is 50.9. The van der Waals surface area contributed by atoms with E-state index in [-0.39, 0.29) is 28.4 Å². The fourth-order valence-corrected chi connectivity index (χ4v) is 11.4. The molecule has 5 heteroatoms. The SMILES string of the molecule is CC(C)(C)c1cc(N2c3cc(-c4nc(-c5ccccc5)nc5ccccc45)cc4c3B(c3ccc5ccccc5c32)c2ccc3ccccc3c2N4c2cc(C(C)(C)C)cc(C(C)(C)C)c2)cc(C(C)(C)C)c1. The van der Waals surface area contributed by atoms with Crippen LogP contribution in [0.4, 0.5) is 34.1 Å². The van der Waals surface area contributed by atoms with E-state index < -0.39 is 0 Å². The summed E-state index contributed by atoms with van der Waals surface area (Å²) < 4.78 is 0. The Morgan fingerprint density at radius 2 is 0.781 bits per heavy atom. The van der Waals surface area contributed by atoms with Crippen LogP contribution in [0.2, 0.25) is 0 Å². The van der Waals surface area contributed by atoms with Crippen molar-refractivity contribution >= 4 is 89.7 Å². The van der Waals surface area contributed by atoms with E-state index in [1.165, 1.54) is 71.6 Å². The molecule has 3 heterocycles. The van der Waals surface area contributed by atoms with Gasteiger partial charge in [-0.15, -0.1) is 0 Å². The van der Waals surface area contributed by atoms with Crippen LogP contribution >= 0.6 is 0 Å². The topological polar surface area (TPSA) is 32.3 Å². The molecule has 4 nitrogen and oxygen atoms in total. The second-order valence-corrected chi connectivity index (χ2v) is 24.8. The lowest BCUT2D eigenvalue weighted by Crippen LogP contribution is -2.61. The fourth-order valence-electron chi connectivity index (χ4n) is 11.4. The van der Waals surface area contributed by atoms with Crippen molar-refractivity contribution in [3.63, 3.8) is 0 Å². The van der Waals surface area contributed by atoms with E-state index in [1.54, 1.807) is 0 Å². The molecule has 0 atom stereocenters. The minimum Gasteiger partial charge on any atom is -0.311 e. The predicted octanol–water partition coefficient (Wildman–Crippen LogP) is 16.5. The van der Waals surface area contributed by atoms with Gasteiger partial charge in [0.05, 0.1) is 11.2 Å². The molecule has 0 spiro atoms. The van der Waals surface area contributed by atoms with Crippen LogP contribution in [-0.4, -0.2) is 16.7 Å². The van der Waals surface area contributed by atoms with Crippen LogP contribution in [0.3, 0.4) is 0 Å². The molecule has 2 aliphatic rings. The van der Waals surface area contributed by atoms with Gasteiger partial charge in [0.1, 0.15) is 0 Å². The van der Waals surface area contributed by atoms with Gasteiger partial charge in [-0.3, -0.25) is 0 Å². The second kappa shape index (κ2) is 16.5. The van der Waals surface area contributed by atoms with Crippen LogP contribution in [0, 0.1) is 0 Å². The van der Waals surface area contributed by atoms with Gasteiger partial charge in [0, 0.05) is 61.4 Å². The maximum absolute atomic E-state index is 5.62. The summed E-state index contributed by atoms with van der Waals surface area (Å²) in [6.45, 7) is 28.1. The molecule has 0 radical (unpaired) electrons. The highest BCUT2D eigenvalue weighted by atomic mass is 15.2. The number of hydrogen-bond donors (Lipinski definition) is 0. The molecular formula is C68H65BN4. The molecule has 360 valence electrons.